The predicted molar refractivity (Wildman–Crippen MR) is 81.0 cm³/mol. The Balaban J connectivity index is 1.86. The number of aromatic nitrogens is 4. The average molecular weight is 300 g/mol. The first kappa shape index (κ1) is 13.5. The highest BCUT2D eigenvalue weighted by atomic mass is 16.4. The molecule has 6 heteroatoms. The van der Waals surface area contributed by atoms with Crippen LogP contribution in [0.3, 0.4) is 0 Å². The number of hydrogen-bond donors (Lipinski definition) is 2. The van der Waals surface area contributed by atoms with Crippen LogP contribution in [0.4, 0.5) is 0 Å². The van der Waals surface area contributed by atoms with E-state index in [1.54, 1.807) is 0 Å². The van der Waals surface area contributed by atoms with Gasteiger partial charge in [-0.2, -0.15) is 10.2 Å². The highest BCUT2D eigenvalue weighted by Gasteiger charge is 2.33. The molecule has 1 saturated carbocycles. The minimum absolute atomic E-state index is 0.235. The molecular formula is C16H20N4O2. The highest BCUT2D eigenvalue weighted by Crippen LogP contribution is 2.42. The fraction of sp³-hybridized carbons (Fsp3) is 0.562. The van der Waals surface area contributed by atoms with Gasteiger partial charge in [0.2, 0.25) is 0 Å². The van der Waals surface area contributed by atoms with E-state index in [-0.39, 0.29) is 5.69 Å². The van der Waals surface area contributed by atoms with Crippen LogP contribution >= 0.6 is 0 Å². The third-order valence-corrected chi connectivity index (χ3v) is 5.11. The molecule has 0 spiro atoms. The van der Waals surface area contributed by atoms with Gasteiger partial charge in [-0.1, -0.05) is 19.3 Å². The summed E-state index contributed by atoms with van der Waals surface area (Å²) in [6.45, 7) is 0. The topological polar surface area (TPSA) is 83.8 Å². The summed E-state index contributed by atoms with van der Waals surface area (Å²) in [5.74, 6) is -0.445. The van der Waals surface area contributed by atoms with Crippen LogP contribution in [0.5, 0.6) is 0 Å². The van der Waals surface area contributed by atoms with E-state index in [4.69, 9.17) is 5.10 Å². The van der Waals surface area contributed by atoms with Crippen molar-refractivity contribution in [2.75, 3.05) is 0 Å². The van der Waals surface area contributed by atoms with Gasteiger partial charge in [0.15, 0.2) is 0 Å². The van der Waals surface area contributed by atoms with Crippen LogP contribution in [0.25, 0.3) is 11.3 Å². The van der Waals surface area contributed by atoms with Crippen LogP contribution in [-0.2, 0) is 19.9 Å². The van der Waals surface area contributed by atoms with Crippen molar-refractivity contribution in [1.82, 2.24) is 20.0 Å². The Morgan fingerprint density at radius 1 is 1.27 bits per heavy atom. The van der Waals surface area contributed by atoms with Crippen molar-refractivity contribution in [2.45, 2.75) is 50.9 Å². The van der Waals surface area contributed by atoms with Crippen molar-refractivity contribution in [2.24, 2.45) is 7.05 Å². The number of aromatic amines is 1. The Hall–Kier alpha value is -2.11. The van der Waals surface area contributed by atoms with Gasteiger partial charge in [-0.15, -0.1) is 0 Å². The second-order valence-electron chi connectivity index (χ2n) is 6.40. The number of nitrogens with one attached hydrogen (secondary N) is 1. The van der Waals surface area contributed by atoms with Gasteiger partial charge in [0.25, 0.3) is 0 Å². The molecule has 1 fully saturated rings. The molecule has 0 unspecified atom stereocenters. The minimum Gasteiger partial charge on any atom is -0.477 e. The maximum Gasteiger partial charge on any atom is 0.354 e. The molecule has 0 amide bonds. The highest BCUT2D eigenvalue weighted by molar-refractivity contribution is 5.90. The van der Waals surface area contributed by atoms with Crippen molar-refractivity contribution < 1.29 is 9.90 Å². The van der Waals surface area contributed by atoms with Gasteiger partial charge in [-0.05, 0) is 25.7 Å². The lowest BCUT2D eigenvalue weighted by atomic mass is 9.82. The Bertz CT molecular complexity index is 738. The van der Waals surface area contributed by atoms with Crippen LogP contribution in [-0.4, -0.2) is 31.1 Å². The van der Waals surface area contributed by atoms with Crippen LogP contribution < -0.4 is 0 Å². The van der Waals surface area contributed by atoms with E-state index in [0.29, 0.717) is 12.3 Å². The molecule has 2 N–H and O–H groups in total. The molecule has 6 nitrogen and oxygen atoms in total. The average Bonchev–Trinajstić information content (AvgIpc) is 3.09. The SMILES string of the molecule is Cn1nc(C2CCCCC2)c2c1CCc1c-2n[nH]c1C(=O)O. The van der Waals surface area contributed by atoms with E-state index in [2.05, 4.69) is 10.2 Å². The van der Waals surface area contributed by atoms with E-state index in [0.717, 1.165) is 28.9 Å². The zero-order chi connectivity index (χ0) is 15.3. The molecule has 2 aromatic heterocycles. The summed E-state index contributed by atoms with van der Waals surface area (Å²) >= 11 is 0. The number of carboxylic acid groups (broad SMARTS) is 1. The molecule has 0 radical (unpaired) electrons. The van der Waals surface area contributed by atoms with E-state index < -0.39 is 5.97 Å². The molecule has 22 heavy (non-hydrogen) atoms. The predicted octanol–water partition coefficient (Wildman–Crippen LogP) is 2.65. The number of fused-ring (bicyclic) bond motifs is 3. The summed E-state index contributed by atoms with van der Waals surface area (Å²) in [6.07, 6.45) is 7.71. The lowest BCUT2D eigenvalue weighted by Gasteiger charge is -2.21. The van der Waals surface area contributed by atoms with Gasteiger partial charge in [-0.25, -0.2) is 4.79 Å². The van der Waals surface area contributed by atoms with Gasteiger partial charge >= 0.3 is 5.97 Å². The molecule has 0 atom stereocenters. The minimum atomic E-state index is -0.930. The van der Waals surface area contributed by atoms with Crippen molar-refractivity contribution in [1.29, 1.82) is 0 Å². The lowest BCUT2D eigenvalue weighted by molar-refractivity contribution is 0.0689. The number of rotatable bonds is 2. The molecule has 0 bridgehead atoms. The summed E-state index contributed by atoms with van der Waals surface area (Å²) < 4.78 is 1.97. The van der Waals surface area contributed by atoms with Gasteiger partial charge in [0, 0.05) is 29.8 Å². The Kier molecular flexibility index (Phi) is 3.06. The molecule has 116 valence electrons. The zero-order valence-electron chi connectivity index (χ0n) is 12.7. The molecule has 2 aliphatic carbocycles. The van der Waals surface area contributed by atoms with Crippen molar-refractivity contribution in [3.05, 3.63) is 22.6 Å². The van der Waals surface area contributed by atoms with Crippen molar-refractivity contribution in [3.63, 3.8) is 0 Å². The van der Waals surface area contributed by atoms with Gasteiger partial charge in [-0.3, -0.25) is 9.78 Å². The number of aryl methyl sites for hydroxylation is 1. The number of carbonyl (C=O) groups is 1. The van der Waals surface area contributed by atoms with E-state index >= 15 is 0 Å². The standard InChI is InChI=1S/C16H20N4O2/c1-20-11-8-7-10-14(17-18-15(10)16(21)22)12(11)13(19-20)9-5-3-2-4-6-9/h9H,2-8H2,1H3,(H,17,18)(H,21,22). The van der Waals surface area contributed by atoms with Crippen LogP contribution in [0.15, 0.2) is 0 Å². The zero-order valence-corrected chi connectivity index (χ0v) is 12.7. The quantitative estimate of drug-likeness (QED) is 0.893. The second kappa shape index (κ2) is 4.97. The van der Waals surface area contributed by atoms with Gasteiger partial charge in [0.05, 0.1) is 11.4 Å². The van der Waals surface area contributed by atoms with Crippen LogP contribution in [0.1, 0.15) is 65.5 Å². The maximum atomic E-state index is 11.3. The summed E-state index contributed by atoms with van der Waals surface area (Å²) in [5.41, 5.74) is 5.30. The number of H-pyrrole nitrogens is 1. The van der Waals surface area contributed by atoms with E-state index in [9.17, 15) is 9.90 Å². The molecule has 2 aliphatic rings. The summed E-state index contributed by atoms with van der Waals surface area (Å²) in [4.78, 5) is 11.3. The molecular weight excluding hydrogens is 280 g/mol. The van der Waals surface area contributed by atoms with Crippen molar-refractivity contribution >= 4 is 5.97 Å². The number of carboxylic acids is 1. The molecule has 0 aromatic carbocycles. The first-order chi connectivity index (χ1) is 10.7. The monoisotopic (exact) mass is 300 g/mol. The van der Waals surface area contributed by atoms with Crippen LogP contribution in [0, 0.1) is 0 Å². The van der Waals surface area contributed by atoms with Gasteiger partial charge < -0.3 is 5.11 Å². The summed E-state index contributed by atoms with van der Waals surface area (Å²) in [7, 11) is 1.99. The smallest absolute Gasteiger partial charge is 0.354 e. The Labute approximate surface area is 128 Å². The van der Waals surface area contributed by atoms with Gasteiger partial charge in [0.1, 0.15) is 5.69 Å². The first-order valence-corrected chi connectivity index (χ1v) is 8.03. The molecule has 2 heterocycles. The van der Waals surface area contributed by atoms with Crippen LogP contribution in [0.2, 0.25) is 0 Å². The Morgan fingerprint density at radius 3 is 2.77 bits per heavy atom. The molecule has 0 aliphatic heterocycles. The second-order valence-corrected chi connectivity index (χ2v) is 6.40. The summed E-state index contributed by atoms with van der Waals surface area (Å²) in [6, 6.07) is 0. The third kappa shape index (κ3) is 1.90. The fourth-order valence-corrected chi connectivity index (χ4v) is 4.02. The first-order valence-electron chi connectivity index (χ1n) is 8.03. The van der Waals surface area contributed by atoms with E-state index in [1.807, 2.05) is 11.7 Å². The number of hydrogen-bond acceptors (Lipinski definition) is 3. The molecule has 2 aromatic rings. The Morgan fingerprint density at radius 2 is 2.05 bits per heavy atom. The van der Waals surface area contributed by atoms with Crippen molar-refractivity contribution in [3.8, 4) is 11.3 Å². The number of aromatic carboxylic acids is 1. The lowest BCUT2D eigenvalue weighted by Crippen LogP contribution is -2.10. The summed E-state index contributed by atoms with van der Waals surface area (Å²) in [5, 5.41) is 21.1. The molecule has 0 saturated heterocycles. The molecule has 4 rings (SSSR count). The maximum absolute atomic E-state index is 11.3. The third-order valence-electron chi connectivity index (χ3n) is 5.11. The largest absolute Gasteiger partial charge is 0.477 e. The van der Waals surface area contributed by atoms with E-state index in [1.165, 1.54) is 37.8 Å². The number of nitrogens with zero attached hydrogens (tertiary/aromatic N) is 3. The fourth-order valence-electron chi connectivity index (χ4n) is 4.02. The normalized spacial score (nSPS) is 18.0.